The van der Waals surface area contributed by atoms with E-state index in [0.29, 0.717) is 23.5 Å². The monoisotopic (exact) mass is 512 g/mol. The molecule has 4 rings (SSSR count). The maximum absolute atomic E-state index is 13.0. The Morgan fingerprint density at radius 2 is 2.00 bits per heavy atom. The van der Waals surface area contributed by atoms with Crippen molar-refractivity contribution in [3.05, 3.63) is 60.2 Å². The molecule has 0 unspecified atom stereocenters. The van der Waals surface area contributed by atoms with Gasteiger partial charge in [-0.2, -0.15) is 13.2 Å². The molecule has 0 spiro atoms. The highest BCUT2D eigenvalue weighted by molar-refractivity contribution is 6.05. The van der Waals surface area contributed by atoms with E-state index in [1.165, 1.54) is 12.3 Å². The smallest absolute Gasteiger partial charge is 0.432 e. The lowest BCUT2D eigenvalue weighted by molar-refractivity contribution is -0.140. The van der Waals surface area contributed by atoms with Crippen LogP contribution in [-0.4, -0.2) is 77.0 Å². The van der Waals surface area contributed by atoms with Gasteiger partial charge >= 0.3 is 12.1 Å². The van der Waals surface area contributed by atoms with Gasteiger partial charge in [0, 0.05) is 62.2 Å². The Morgan fingerprint density at radius 1 is 1.19 bits per heavy atom. The third kappa shape index (κ3) is 7.55. The summed E-state index contributed by atoms with van der Waals surface area (Å²) < 4.78 is 45.0. The lowest BCUT2D eigenvalue weighted by atomic mass is 10.1. The van der Waals surface area contributed by atoms with Crippen molar-refractivity contribution < 1.29 is 22.7 Å². The molecule has 1 aliphatic rings. The molecule has 1 aliphatic heterocycles. The van der Waals surface area contributed by atoms with Crippen LogP contribution in [0.25, 0.3) is 11.4 Å². The highest BCUT2D eigenvalue weighted by Gasteiger charge is 2.33. The van der Waals surface area contributed by atoms with Gasteiger partial charge in [-0.1, -0.05) is 5.92 Å². The van der Waals surface area contributed by atoms with Gasteiger partial charge < -0.3 is 24.8 Å². The molecule has 1 aromatic carbocycles. The molecule has 1 amide bonds. The van der Waals surface area contributed by atoms with Crippen molar-refractivity contribution >= 4 is 11.6 Å². The largest absolute Gasteiger partial charge is 0.491 e. The van der Waals surface area contributed by atoms with Crippen LogP contribution in [0.5, 0.6) is 5.75 Å². The van der Waals surface area contributed by atoms with Crippen molar-refractivity contribution in [1.29, 1.82) is 0 Å². The number of imidazole rings is 1. The van der Waals surface area contributed by atoms with Crippen LogP contribution < -0.4 is 10.1 Å². The number of nitrogens with zero attached hydrogens (tertiary/aromatic N) is 4. The zero-order valence-electron chi connectivity index (χ0n) is 20.3. The summed E-state index contributed by atoms with van der Waals surface area (Å²) in [6.45, 7) is 5.37. The second-order valence-corrected chi connectivity index (χ2v) is 8.65. The number of halogens is 3. The average molecular weight is 513 g/mol. The molecule has 2 N–H and O–H groups in total. The van der Waals surface area contributed by atoms with E-state index in [-0.39, 0.29) is 11.5 Å². The number of carbonyl (C=O) groups is 1. The molecule has 0 aliphatic carbocycles. The number of ether oxygens (including phenoxy) is 1. The third-order valence-electron chi connectivity index (χ3n) is 5.84. The minimum Gasteiger partial charge on any atom is -0.491 e. The summed E-state index contributed by atoms with van der Waals surface area (Å²) in [4.78, 5) is 27.3. The minimum atomic E-state index is -4.54. The number of carbonyl (C=O) groups excluding carboxylic acids is 1. The van der Waals surface area contributed by atoms with Crippen LogP contribution in [0.3, 0.4) is 0 Å². The van der Waals surface area contributed by atoms with Crippen molar-refractivity contribution in [3.8, 4) is 29.0 Å². The van der Waals surface area contributed by atoms with Crippen molar-refractivity contribution in [2.45, 2.75) is 12.6 Å². The van der Waals surface area contributed by atoms with Gasteiger partial charge in [0.25, 0.3) is 0 Å². The standard InChI is InChI=1S/C26H27F3N6O2/c1-34-11-13-35(14-12-34)10-3-15-37-22-7-6-20(25-31-18-23(33-25)26(27,28)29)16-21(22)32-24(36)8-5-19-4-2-9-30-17-19/h2,4,6-7,9,16-18H,3,10-15H2,1H3,(H,31,33)(H,32,36). The van der Waals surface area contributed by atoms with Crippen LogP contribution >= 0.6 is 0 Å². The summed E-state index contributed by atoms with van der Waals surface area (Å²) in [5, 5.41) is 2.69. The Morgan fingerprint density at radius 3 is 2.70 bits per heavy atom. The van der Waals surface area contributed by atoms with Crippen LogP contribution in [0.2, 0.25) is 0 Å². The fourth-order valence-corrected chi connectivity index (χ4v) is 3.77. The predicted molar refractivity (Wildman–Crippen MR) is 133 cm³/mol. The first-order chi connectivity index (χ1) is 17.8. The van der Waals surface area contributed by atoms with E-state index in [9.17, 15) is 18.0 Å². The number of benzene rings is 1. The maximum atomic E-state index is 13.0. The number of alkyl halides is 3. The lowest BCUT2D eigenvalue weighted by Crippen LogP contribution is -2.44. The second kappa shape index (κ2) is 11.9. The van der Waals surface area contributed by atoms with Crippen molar-refractivity contribution in [3.63, 3.8) is 0 Å². The summed E-state index contributed by atoms with van der Waals surface area (Å²) in [5.41, 5.74) is 0.255. The van der Waals surface area contributed by atoms with Gasteiger partial charge in [0.2, 0.25) is 0 Å². The van der Waals surface area contributed by atoms with E-state index < -0.39 is 17.8 Å². The van der Waals surface area contributed by atoms with Crippen LogP contribution in [0.4, 0.5) is 18.9 Å². The van der Waals surface area contributed by atoms with Gasteiger partial charge in [0.1, 0.15) is 17.3 Å². The van der Waals surface area contributed by atoms with Crippen LogP contribution in [0.15, 0.2) is 48.9 Å². The number of aromatic amines is 1. The molecular formula is C26H27F3N6O2. The molecule has 2 aromatic heterocycles. The highest BCUT2D eigenvalue weighted by atomic mass is 19.4. The van der Waals surface area contributed by atoms with E-state index in [0.717, 1.165) is 45.3 Å². The van der Waals surface area contributed by atoms with Crippen LogP contribution in [-0.2, 0) is 11.0 Å². The van der Waals surface area contributed by atoms with E-state index in [1.807, 2.05) is 0 Å². The van der Waals surface area contributed by atoms with Crippen LogP contribution in [0, 0.1) is 11.8 Å². The molecule has 0 atom stereocenters. The number of hydrogen-bond acceptors (Lipinski definition) is 6. The summed E-state index contributed by atoms with van der Waals surface area (Å²) in [6, 6.07) is 8.13. The van der Waals surface area contributed by atoms with Crippen molar-refractivity contribution in [2.24, 2.45) is 0 Å². The second-order valence-electron chi connectivity index (χ2n) is 8.65. The number of hydrogen-bond donors (Lipinski definition) is 2. The fraction of sp³-hybridized carbons (Fsp3) is 0.346. The Kier molecular flexibility index (Phi) is 8.43. The molecule has 0 radical (unpaired) electrons. The van der Waals surface area contributed by atoms with Crippen LogP contribution in [0.1, 0.15) is 17.7 Å². The minimum absolute atomic E-state index is 0.0193. The highest BCUT2D eigenvalue weighted by Crippen LogP contribution is 2.33. The first-order valence-electron chi connectivity index (χ1n) is 11.8. The Bertz CT molecular complexity index is 1260. The topological polar surface area (TPSA) is 86.4 Å². The number of H-pyrrole nitrogens is 1. The van der Waals surface area contributed by atoms with E-state index in [2.05, 4.69) is 49.0 Å². The molecule has 0 bridgehead atoms. The Balaban J connectivity index is 1.47. The first-order valence-corrected chi connectivity index (χ1v) is 11.8. The first kappa shape index (κ1) is 26.2. The van der Waals surface area contributed by atoms with Gasteiger partial charge in [-0.15, -0.1) is 0 Å². The third-order valence-corrected chi connectivity index (χ3v) is 5.84. The number of likely N-dealkylation sites (N-methyl/N-ethyl adjacent to an activating group) is 1. The number of rotatable bonds is 7. The molecular weight excluding hydrogens is 485 g/mol. The molecule has 1 fully saturated rings. The zero-order valence-corrected chi connectivity index (χ0v) is 20.3. The predicted octanol–water partition coefficient (Wildman–Crippen LogP) is 3.50. The summed E-state index contributed by atoms with van der Waals surface area (Å²) in [5.74, 6) is 5.03. The number of pyridine rings is 1. The molecule has 3 heterocycles. The lowest BCUT2D eigenvalue weighted by Gasteiger charge is -2.32. The molecule has 8 nitrogen and oxygen atoms in total. The normalized spacial score (nSPS) is 14.6. The Labute approximate surface area is 212 Å². The van der Waals surface area contributed by atoms with Gasteiger partial charge in [0.15, 0.2) is 0 Å². The van der Waals surface area contributed by atoms with Crippen molar-refractivity contribution in [1.82, 2.24) is 24.8 Å². The zero-order chi connectivity index (χ0) is 26.3. The van der Waals surface area contributed by atoms with Gasteiger partial charge in [-0.3, -0.25) is 9.78 Å². The molecule has 1 saturated heterocycles. The van der Waals surface area contributed by atoms with E-state index in [1.54, 1.807) is 30.5 Å². The maximum Gasteiger partial charge on any atom is 0.432 e. The Hall–Kier alpha value is -3.88. The molecule has 37 heavy (non-hydrogen) atoms. The number of aromatic nitrogens is 3. The number of amides is 1. The SMILES string of the molecule is CN1CCN(CCCOc2ccc(-c3ncc(C(F)(F)F)[nH]3)cc2NC(=O)C#Cc2cccnc2)CC1. The van der Waals surface area contributed by atoms with Gasteiger partial charge in [-0.05, 0) is 43.8 Å². The quantitative estimate of drug-likeness (QED) is 0.372. The number of piperazine rings is 1. The molecule has 3 aromatic rings. The number of anilines is 1. The molecule has 194 valence electrons. The summed E-state index contributed by atoms with van der Waals surface area (Å²) in [6.07, 6.45) is 0.105. The summed E-state index contributed by atoms with van der Waals surface area (Å²) in [7, 11) is 2.10. The van der Waals surface area contributed by atoms with E-state index >= 15 is 0 Å². The average Bonchev–Trinajstić information content (AvgIpc) is 3.39. The fourth-order valence-electron chi connectivity index (χ4n) is 3.77. The summed E-state index contributed by atoms with van der Waals surface area (Å²) >= 11 is 0. The number of nitrogens with one attached hydrogen (secondary N) is 2. The molecule has 0 saturated carbocycles. The van der Waals surface area contributed by atoms with Gasteiger partial charge in [0.05, 0.1) is 18.5 Å². The van der Waals surface area contributed by atoms with Crippen molar-refractivity contribution in [2.75, 3.05) is 51.7 Å². The van der Waals surface area contributed by atoms with Gasteiger partial charge in [-0.25, -0.2) is 4.98 Å². The molecule has 11 heteroatoms. The van der Waals surface area contributed by atoms with E-state index in [4.69, 9.17) is 4.74 Å².